The van der Waals surface area contributed by atoms with E-state index < -0.39 is 0 Å². The Hall–Kier alpha value is -1.78. The van der Waals surface area contributed by atoms with Crippen molar-refractivity contribution in [2.24, 2.45) is 0 Å². The van der Waals surface area contributed by atoms with E-state index in [4.69, 9.17) is 0 Å². The van der Waals surface area contributed by atoms with Crippen molar-refractivity contribution in [3.05, 3.63) is 28.3 Å². The van der Waals surface area contributed by atoms with E-state index in [0.29, 0.717) is 5.69 Å². The summed E-state index contributed by atoms with van der Waals surface area (Å²) in [6.45, 7) is 4.63. The summed E-state index contributed by atoms with van der Waals surface area (Å²) in [4.78, 5) is 13.3. The molecule has 0 aliphatic carbocycles. The van der Waals surface area contributed by atoms with Crippen molar-refractivity contribution in [2.75, 3.05) is 29.9 Å². The maximum Gasteiger partial charge on any atom is 0.315 e. The molecule has 0 amide bonds. The molecule has 5 heteroatoms. The van der Waals surface area contributed by atoms with Crippen LogP contribution in [-0.2, 0) is 0 Å². The van der Waals surface area contributed by atoms with Gasteiger partial charge in [0.05, 0.1) is 4.92 Å². The highest BCUT2D eigenvalue weighted by molar-refractivity contribution is 5.77. The molecule has 1 fully saturated rings. The van der Waals surface area contributed by atoms with E-state index in [2.05, 4.69) is 10.2 Å². The summed E-state index contributed by atoms with van der Waals surface area (Å²) in [5.41, 5.74) is 1.61. The second kappa shape index (κ2) is 6.41. The Balaban J connectivity index is 2.32. The number of nitro benzene ring substituents is 1. The zero-order valence-electron chi connectivity index (χ0n) is 11.4. The maximum absolute atomic E-state index is 11.4. The third-order valence-electron chi connectivity index (χ3n) is 3.46. The minimum absolute atomic E-state index is 0.220. The number of para-hydroxylation sites is 1. The van der Waals surface area contributed by atoms with Crippen LogP contribution in [0.25, 0.3) is 0 Å². The SMILES string of the molecule is CCCNc1cccc(N2CCCCC2)c1[N+](=O)[O-]. The highest BCUT2D eigenvalue weighted by atomic mass is 16.6. The predicted octanol–water partition coefficient (Wildman–Crippen LogP) is 3.41. The van der Waals surface area contributed by atoms with E-state index in [0.717, 1.165) is 44.6 Å². The van der Waals surface area contributed by atoms with Gasteiger partial charge in [-0.2, -0.15) is 0 Å². The Morgan fingerprint density at radius 2 is 2.05 bits per heavy atom. The minimum Gasteiger partial charge on any atom is -0.379 e. The highest BCUT2D eigenvalue weighted by Gasteiger charge is 2.24. The van der Waals surface area contributed by atoms with Crippen LogP contribution in [0.5, 0.6) is 0 Å². The Morgan fingerprint density at radius 1 is 1.32 bits per heavy atom. The van der Waals surface area contributed by atoms with Crippen LogP contribution in [0.4, 0.5) is 17.1 Å². The van der Waals surface area contributed by atoms with Gasteiger partial charge in [-0.25, -0.2) is 0 Å². The van der Waals surface area contributed by atoms with Gasteiger partial charge in [0, 0.05) is 19.6 Å². The number of nitro groups is 1. The summed E-state index contributed by atoms with van der Waals surface area (Å²) in [6.07, 6.45) is 4.40. The van der Waals surface area contributed by atoms with Crippen molar-refractivity contribution in [1.82, 2.24) is 0 Å². The molecule has 0 bridgehead atoms. The van der Waals surface area contributed by atoms with E-state index in [1.165, 1.54) is 6.42 Å². The van der Waals surface area contributed by atoms with Crippen LogP contribution >= 0.6 is 0 Å². The fraction of sp³-hybridized carbons (Fsp3) is 0.571. The molecule has 5 nitrogen and oxygen atoms in total. The molecule has 1 aliphatic rings. The number of anilines is 2. The minimum atomic E-state index is -0.262. The van der Waals surface area contributed by atoms with Gasteiger partial charge >= 0.3 is 5.69 Å². The summed E-state index contributed by atoms with van der Waals surface area (Å²) >= 11 is 0. The zero-order valence-corrected chi connectivity index (χ0v) is 11.4. The average molecular weight is 263 g/mol. The van der Waals surface area contributed by atoms with Crippen LogP contribution in [0.2, 0.25) is 0 Å². The lowest BCUT2D eigenvalue weighted by atomic mass is 10.1. The largest absolute Gasteiger partial charge is 0.379 e. The Bertz CT molecular complexity index is 442. The van der Waals surface area contributed by atoms with Crippen molar-refractivity contribution < 1.29 is 4.92 Å². The number of piperidine rings is 1. The van der Waals surface area contributed by atoms with Crippen molar-refractivity contribution in [1.29, 1.82) is 0 Å². The van der Waals surface area contributed by atoms with Crippen molar-refractivity contribution in [2.45, 2.75) is 32.6 Å². The van der Waals surface area contributed by atoms with Gasteiger partial charge < -0.3 is 10.2 Å². The van der Waals surface area contributed by atoms with Gasteiger partial charge in [-0.15, -0.1) is 0 Å². The lowest BCUT2D eigenvalue weighted by Crippen LogP contribution is -2.30. The molecule has 104 valence electrons. The maximum atomic E-state index is 11.4. The molecular formula is C14H21N3O2. The van der Waals surface area contributed by atoms with Crippen LogP contribution in [0, 0.1) is 10.1 Å². The smallest absolute Gasteiger partial charge is 0.315 e. The number of benzene rings is 1. The molecule has 1 aliphatic heterocycles. The van der Waals surface area contributed by atoms with Crippen LogP contribution in [0.15, 0.2) is 18.2 Å². The fourth-order valence-electron chi connectivity index (χ4n) is 2.52. The van der Waals surface area contributed by atoms with Gasteiger partial charge in [-0.1, -0.05) is 13.0 Å². The van der Waals surface area contributed by atoms with Crippen LogP contribution in [-0.4, -0.2) is 24.6 Å². The van der Waals surface area contributed by atoms with Gasteiger partial charge in [-0.3, -0.25) is 10.1 Å². The first kappa shape index (κ1) is 13.6. The summed E-state index contributed by atoms with van der Waals surface area (Å²) in [6, 6.07) is 5.55. The molecule has 0 spiro atoms. The molecular weight excluding hydrogens is 242 g/mol. The molecule has 19 heavy (non-hydrogen) atoms. The van der Waals surface area contributed by atoms with Gasteiger partial charge in [0.25, 0.3) is 0 Å². The zero-order chi connectivity index (χ0) is 13.7. The average Bonchev–Trinajstić information content (AvgIpc) is 2.45. The summed E-state index contributed by atoms with van der Waals surface area (Å²) in [5, 5.41) is 14.5. The van der Waals surface area contributed by atoms with Gasteiger partial charge in [0.15, 0.2) is 0 Å². The highest BCUT2D eigenvalue weighted by Crippen LogP contribution is 2.36. The van der Waals surface area contributed by atoms with E-state index >= 15 is 0 Å². The number of nitrogens with zero attached hydrogens (tertiary/aromatic N) is 2. The summed E-state index contributed by atoms with van der Waals surface area (Å²) < 4.78 is 0. The fourth-order valence-corrected chi connectivity index (χ4v) is 2.52. The van der Waals surface area contributed by atoms with Crippen molar-refractivity contribution in [3.63, 3.8) is 0 Å². The molecule has 1 N–H and O–H groups in total. The van der Waals surface area contributed by atoms with E-state index in [-0.39, 0.29) is 10.6 Å². The molecule has 0 saturated carbocycles. The first-order chi connectivity index (χ1) is 9.24. The molecule has 0 aromatic heterocycles. The number of rotatable bonds is 5. The van der Waals surface area contributed by atoms with Crippen LogP contribution < -0.4 is 10.2 Å². The van der Waals surface area contributed by atoms with Gasteiger partial charge in [0.1, 0.15) is 11.4 Å². The quantitative estimate of drug-likeness (QED) is 0.653. The molecule has 2 rings (SSSR count). The van der Waals surface area contributed by atoms with E-state index in [1.807, 2.05) is 19.1 Å². The molecule has 1 heterocycles. The number of hydrogen-bond acceptors (Lipinski definition) is 4. The van der Waals surface area contributed by atoms with Crippen LogP contribution in [0.1, 0.15) is 32.6 Å². The summed E-state index contributed by atoms with van der Waals surface area (Å²) in [5.74, 6) is 0. The van der Waals surface area contributed by atoms with E-state index in [1.54, 1.807) is 6.07 Å². The lowest BCUT2D eigenvalue weighted by molar-refractivity contribution is -0.383. The topological polar surface area (TPSA) is 58.4 Å². The Kier molecular flexibility index (Phi) is 4.60. The third-order valence-corrected chi connectivity index (χ3v) is 3.46. The predicted molar refractivity (Wildman–Crippen MR) is 77.9 cm³/mol. The molecule has 1 aromatic carbocycles. The first-order valence-electron chi connectivity index (χ1n) is 7.00. The van der Waals surface area contributed by atoms with E-state index in [9.17, 15) is 10.1 Å². The van der Waals surface area contributed by atoms with Crippen molar-refractivity contribution >= 4 is 17.1 Å². The third kappa shape index (κ3) is 3.16. The lowest BCUT2D eigenvalue weighted by Gasteiger charge is -2.28. The second-order valence-electron chi connectivity index (χ2n) is 4.90. The van der Waals surface area contributed by atoms with Crippen LogP contribution in [0.3, 0.4) is 0 Å². The first-order valence-corrected chi connectivity index (χ1v) is 7.00. The molecule has 0 unspecified atom stereocenters. The number of nitrogens with one attached hydrogen (secondary N) is 1. The standard InChI is InChI=1S/C14H21N3O2/c1-2-9-15-12-7-6-8-13(14(12)17(18)19)16-10-4-3-5-11-16/h6-8,15H,2-5,9-11H2,1H3. The monoisotopic (exact) mass is 263 g/mol. The Labute approximate surface area is 113 Å². The molecule has 0 radical (unpaired) electrons. The Morgan fingerprint density at radius 3 is 2.68 bits per heavy atom. The molecule has 1 saturated heterocycles. The second-order valence-corrected chi connectivity index (χ2v) is 4.90. The summed E-state index contributed by atoms with van der Waals surface area (Å²) in [7, 11) is 0. The molecule has 0 atom stereocenters. The van der Waals surface area contributed by atoms with Crippen molar-refractivity contribution in [3.8, 4) is 0 Å². The normalized spacial score (nSPS) is 15.3. The molecule has 1 aromatic rings. The number of hydrogen-bond donors (Lipinski definition) is 1. The van der Waals surface area contributed by atoms with Gasteiger partial charge in [-0.05, 0) is 37.8 Å². The van der Waals surface area contributed by atoms with Gasteiger partial charge in [0.2, 0.25) is 0 Å².